The van der Waals surface area contributed by atoms with Crippen molar-refractivity contribution in [2.24, 2.45) is 0 Å². The Morgan fingerprint density at radius 1 is 1.28 bits per heavy atom. The second-order valence-corrected chi connectivity index (χ2v) is 5.70. The molecule has 2 nitrogen and oxygen atoms in total. The third-order valence-corrected chi connectivity index (χ3v) is 3.35. The lowest BCUT2D eigenvalue weighted by molar-refractivity contribution is 0.336. The molecule has 0 radical (unpaired) electrons. The fourth-order valence-electron chi connectivity index (χ4n) is 1.96. The standard InChI is InChI=1S/C14H22Cl2N2/c1-4-7-17-13(10-18(2)3)9-11-8-12(15)5-6-14(11)16/h5-6,8,13,17H,4,7,9-10H2,1-3H3. The fraction of sp³-hybridized carbons (Fsp3) is 0.571. The molecule has 1 rings (SSSR count). The minimum Gasteiger partial charge on any atom is -0.312 e. The van der Waals surface area contributed by atoms with E-state index >= 15 is 0 Å². The van der Waals surface area contributed by atoms with Gasteiger partial charge in [0.15, 0.2) is 0 Å². The van der Waals surface area contributed by atoms with E-state index in [9.17, 15) is 0 Å². The summed E-state index contributed by atoms with van der Waals surface area (Å²) in [7, 11) is 4.17. The number of rotatable bonds is 7. The quantitative estimate of drug-likeness (QED) is 0.827. The first-order chi connectivity index (χ1) is 8.52. The van der Waals surface area contributed by atoms with E-state index < -0.39 is 0 Å². The molecule has 4 heteroatoms. The summed E-state index contributed by atoms with van der Waals surface area (Å²) in [6, 6.07) is 6.05. The van der Waals surface area contributed by atoms with Crippen LogP contribution in [0.25, 0.3) is 0 Å². The van der Waals surface area contributed by atoms with Crippen molar-refractivity contribution in [3.63, 3.8) is 0 Å². The summed E-state index contributed by atoms with van der Waals surface area (Å²) in [6.07, 6.45) is 2.03. The van der Waals surface area contributed by atoms with Gasteiger partial charge in [0.2, 0.25) is 0 Å². The van der Waals surface area contributed by atoms with Crippen molar-refractivity contribution in [2.45, 2.75) is 25.8 Å². The molecule has 0 saturated carbocycles. The van der Waals surface area contributed by atoms with Gasteiger partial charge in [0.05, 0.1) is 0 Å². The van der Waals surface area contributed by atoms with Gasteiger partial charge in [0.1, 0.15) is 0 Å². The molecule has 0 aliphatic rings. The van der Waals surface area contributed by atoms with Crippen LogP contribution in [0.3, 0.4) is 0 Å². The maximum absolute atomic E-state index is 6.21. The number of hydrogen-bond donors (Lipinski definition) is 1. The Morgan fingerprint density at radius 3 is 2.61 bits per heavy atom. The minimum absolute atomic E-state index is 0.399. The molecule has 0 saturated heterocycles. The van der Waals surface area contributed by atoms with Gasteiger partial charge >= 0.3 is 0 Å². The van der Waals surface area contributed by atoms with E-state index in [1.165, 1.54) is 0 Å². The SMILES string of the molecule is CCCNC(Cc1cc(Cl)ccc1Cl)CN(C)C. The molecule has 0 spiro atoms. The van der Waals surface area contributed by atoms with E-state index in [0.29, 0.717) is 6.04 Å². The van der Waals surface area contributed by atoms with Crippen LogP contribution in [0.5, 0.6) is 0 Å². The van der Waals surface area contributed by atoms with E-state index in [-0.39, 0.29) is 0 Å². The Hall–Kier alpha value is -0.280. The van der Waals surface area contributed by atoms with Crippen LogP contribution in [0.15, 0.2) is 18.2 Å². The normalized spacial score (nSPS) is 13.0. The van der Waals surface area contributed by atoms with Crippen LogP contribution in [0.4, 0.5) is 0 Å². The van der Waals surface area contributed by atoms with Crippen molar-refractivity contribution in [3.8, 4) is 0 Å². The molecular formula is C14H22Cl2N2. The summed E-state index contributed by atoms with van der Waals surface area (Å²) in [5.41, 5.74) is 1.11. The molecule has 0 bridgehead atoms. The summed E-state index contributed by atoms with van der Waals surface area (Å²) in [5.74, 6) is 0. The summed E-state index contributed by atoms with van der Waals surface area (Å²) in [6.45, 7) is 4.19. The number of nitrogens with zero attached hydrogens (tertiary/aromatic N) is 1. The van der Waals surface area contributed by atoms with Gasteiger partial charge in [-0.15, -0.1) is 0 Å². The van der Waals surface area contributed by atoms with Crippen LogP contribution in [0.2, 0.25) is 10.0 Å². The number of hydrogen-bond acceptors (Lipinski definition) is 2. The molecule has 18 heavy (non-hydrogen) atoms. The zero-order valence-electron chi connectivity index (χ0n) is 11.3. The van der Waals surface area contributed by atoms with Gasteiger partial charge in [-0.3, -0.25) is 0 Å². The highest BCUT2D eigenvalue weighted by molar-refractivity contribution is 6.33. The van der Waals surface area contributed by atoms with Crippen molar-refractivity contribution in [1.29, 1.82) is 0 Å². The second kappa shape index (κ2) is 8.00. The number of benzene rings is 1. The molecule has 0 aliphatic heterocycles. The third-order valence-electron chi connectivity index (χ3n) is 2.74. The number of nitrogens with one attached hydrogen (secondary N) is 1. The van der Waals surface area contributed by atoms with Crippen LogP contribution in [-0.4, -0.2) is 38.1 Å². The van der Waals surface area contributed by atoms with E-state index in [4.69, 9.17) is 23.2 Å². The Balaban J connectivity index is 2.71. The Kier molecular flexibility index (Phi) is 7.02. The van der Waals surface area contributed by atoms with E-state index in [1.54, 1.807) is 0 Å². The van der Waals surface area contributed by atoms with Gasteiger partial charge in [-0.2, -0.15) is 0 Å². The maximum atomic E-state index is 6.21. The molecular weight excluding hydrogens is 267 g/mol. The third kappa shape index (κ3) is 5.57. The first-order valence-electron chi connectivity index (χ1n) is 6.35. The van der Waals surface area contributed by atoms with Crippen LogP contribution in [0, 0.1) is 0 Å². The average molecular weight is 289 g/mol. The minimum atomic E-state index is 0.399. The lowest BCUT2D eigenvalue weighted by atomic mass is 10.1. The van der Waals surface area contributed by atoms with Crippen molar-refractivity contribution in [3.05, 3.63) is 33.8 Å². The first-order valence-corrected chi connectivity index (χ1v) is 7.10. The lowest BCUT2D eigenvalue weighted by Gasteiger charge is -2.23. The number of halogens is 2. The van der Waals surface area contributed by atoms with Crippen LogP contribution < -0.4 is 5.32 Å². The average Bonchev–Trinajstić information content (AvgIpc) is 2.30. The van der Waals surface area contributed by atoms with Gasteiger partial charge in [-0.05, 0) is 57.2 Å². The predicted molar refractivity (Wildman–Crippen MR) is 80.8 cm³/mol. The van der Waals surface area contributed by atoms with Crippen molar-refractivity contribution >= 4 is 23.2 Å². The molecule has 0 amide bonds. The molecule has 1 unspecified atom stereocenters. The van der Waals surface area contributed by atoms with Crippen LogP contribution in [0.1, 0.15) is 18.9 Å². The van der Waals surface area contributed by atoms with Gasteiger partial charge in [-0.25, -0.2) is 0 Å². The number of likely N-dealkylation sites (N-methyl/N-ethyl adjacent to an activating group) is 1. The molecule has 1 aromatic rings. The van der Waals surface area contributed by atoms with Gasteiger partial charge in [-0.1, -0.05) is 30.1 Å². The fourth-order valence-corrected chi connectivity index (χ4v) is 2.35. The van der Waals surface area contributed by atoms with Crippen LogP contribution in [-0.2, 0) is 6.42 Å². The monoisotopic (exact) mass is 288 g/mol. The van der Waals surface area contributed by atoms with E-state index in [0.717, 1.165) is 41.5 Å². The summed E-state index contributed by atoms with van der Waals surface area (Å²) >= 11 is 12.2. The Morgan fingerprint density at radius 2 is 2.00 bits per heavy atom. The van der Waals surface area contributed by atoms with Gasteiger partial charge in [0, 0.05) is 22.6 Å². The molecule has 102 valence electrons. The maximum Gasteiger partial charge on any atom is 0.0439 e. The predicted octanol–water partition coefficient (Wildman–Crippen LogP) is 3.47. The molecule has 1 aromatic carbocycles. The second-order valence-electron chi connectivity index (χ2n) is 4.85. The lowest BCUT2D eigenvalue weighted by Crippen LogP contribution is -2.40. The molecule has 0 fully saturated rings. The molecule has 1 N–H and O–H groups in total. The topological polar surface area (TPSA) is 15.3 Å². The van der Waals surface area contributed by atoms with Crippen molar-refractivity contribution in [1.82, 2.24) is 10.2 Å². The van der Waals surface area contributed by atoms with Crippen molar-refractivity contribution in [2.75, 3.05) is 27.2 Å². The largest absolute Gasteiger partial charge is 0.312 e. The summed E-state index contributed by atoms with van der Waals surface area (Å²) < 4.78 is 0. The first kappa shape index (κ1) is 15.8. The van der Waals surface area contributed by atoms with E-state index in [1.807, 2.05) is 18.2 Å². The zero-order chi connectivity index (χ0) is 13.5. The Bertz CT molecular complexity index is 367. The Labute approximate surface area is 120 Å². The highest BCUT2D eigenvalue weighted by Gasteiger charge is 2.12. The van der Waals surface area contributed by atoms with Crippen molar-refractivity contribution < 1.29 is 0 Å². The highest BCUT2D eigenvalue weighted by atomic mass is 35.5. The zero-order valence-corrected chi connectivity index (χ0v) is 12.9. The van der Waals surface area contributed by atoms with Gasteiger partial charge in [0.25, 0.3) is 0 Å². The summed E-state index contributed by atoms with van der Waals surface area (Å²) in [5, 5.41) is 5.09. The molecule has 0 aromatic heterocycles. The molecule has 1 atom stereocenters. The van der Waals surface area contributed by atoms with E-state index in [2.05, 4.69) is 31.2 Å². The smallest absolute Gasteiger partial charge is 0.0439 e. The van der Waals surface area contributed by atoms with Gasteiger partial charge < -0.3 is 10.2 Å². The highest BCUT2D eigenvalue weighted by Crippen LogP contribution is 2.22. The van der Waals surface area contributed by atoms with Crippen LogP contribution >= 0.6 is 23.2 Å². The molecule has 0 aliphatic carbocycles. The summed E-state index contributed by atoms with van der Waals surface area (Å²) in [4.78, 5) is 2.19. The molecule has 0 heterocycles.